The number of aryl methyl sites for hydroxylation is 2. The summed E-state index contributed by atoms with van der Waals surface area (Å²) in [6.07, 6.45) is 7.53. The number of aromatic amines is 1. The number of fused-ring (bicyclic) bond motifs is 1. The molecule has 2 heterocycles. The molecule has 1 saturated carbocycles. The molecule has 6 nitrogen and oxygen atoms in total. The first-order valence-corrected chi connectivity index (χ1v) is 12.6. The van der Waals surface area contributed by atoms with Crippen molar-refractivity contribution in [2.24, 2.45) is 0 Å². The maximum Gasteiger partial charge on any atom is 0.255 e. The third-order valence-electron chi connectivity index (χ3n) is 7.34. The summed E-state index contributed by atoms with van der Waals surface area (Å²) in [5.41, 5.74) is 6.09. The summed E-state index contributed by atoms with van der Waals surface area (Å²) in [7, 11) is 0. The molecule has 6 heteroatoms. The molecular formula is C28H35N3O3. The van der Waals surface area contributed by atoms with Crippen molar-refractivity contribution in [3.8, 4) is 5.75 Å². The van der Waals surface area contributed by atoms with Gasteiger partial charge in [-0.3, -0.25) is 4.79 Å². The molecule has 2 fully saturated rings. The van der Waals surface area contributed by atoms with Crippen LogP contribution in [0.4, 0.5) is 5.69 Å². The lowest BCUT2D eigenvalue weighted by atomic mass is 10.1. The standard InChI is InChI=1S/C28H35N3O3/c1-18-24-13-14-25(19(2)27(24)30-26(18)16-29-21-6-3-4-7-21)31-28(32)20-9-11-22(12-10-20)34-17-23-8-5-15-33-23/h9-14,21,23,29-30H,3-8,15-17H2,1-2H3,(H,31,32)/t23-/m0/s1. The van der Waals surface area contributed by atoms with Crippen molar-refractivity contribution in [3.63, 3.8) is 0 Å². The highest BCUT2D eigenvalue weighted by Crippen LogP contribution is 2.30. The number of nitrogens with one attached hydrogen (secondary N) is 3. The highest BCUT2D eigenvalue weighted by Gasteiger charge is 2.18. The van der Waals surface area contributed by atoms with Crippen molar-refractivity contribution < 1.29 is 14.3 Å². The second-order valence-electron chi connectivity index (χ2n) is 9.68. The summed E-state index contributed by atoms with van der Waals surface area (Å²) in [5.74, 6) is 0.629. The number of aromatic nitrogens is 1. The number of carbonyl (C=O) groups excluding carboxylic acids is 1. The minimum Gasteiger partial charge on any atom is -0.491 e. The van der Waals surface area contributed by atoms with Gasteiger partial charge < -0.3 is 25.1 Å². The lowest BCUT2D eigenvalue weighted by Gasteiger charge is -2.12. The van der Waals surface area contributed by atoms with Gasteiger partial charge >= 0.3 is 0 Å². The fraction of sp³-hybridized carbons (Fsp3) is 0.464. The molecule has 34 heavy (non-hydrogen) atoms. The summed E-state index contributed by atoms with van der Waals surface area (Å²) >= 11 is 0. The molecule has 1 atom stereocenters. The molecule has 5 rings (SSSR count). The summed E-state index contributed by atoms with van der Waals surface area (Å²) < 4.78 is 11.4. The van der Waals surface area contributed by atoms with E-state index < -0.39 is 0 Å². The first kappa shape index (κ1) is 22.9. The van der Waals surface area contributed by atoms with Gasteiger partial charge in [0, 0.05) is 41.5 Å². The average Bonchev–Trinajstić information content (AvgIpc) is 3.61. The fourth-order valence-electron chi connectivity index (χ4n) is 5.14. The zero-order valence-corrected chi connectivity index (χ0v) is 20.2. The predicted molar refractivity (Wildman–Crippen MR) is 136 cm³/mol. The van der Waals surface area contributed by atoms with E-state index >= 15 is 0 Å². The smallest absolute Gasteiger partial charge is 0.255 e. The Morgan fingerprint density at radius 3 is 2.56 bits per heavy atom. The molecule has 180 valence electrons. The van der Waals surface area contributed by atoms with Crippen molar-refractivity contribution in [2.75, 3.05) is 18.5 Å². The Balaban J connectivity index is 1.24. The topological polar surface area (TPSA) is 75.4 Å². The minimum absolute atomic E-state index is 0.125. The van der Waals surface area contributed by atoms with E-state index in [-0.39, 0.29) is 12.0 Å². The maximum atomic E-state index is 12.9. The lowest BCUT2D eigenvalue weighted by Crippen LogP contribution is -2.25. The number of carbonyl (C=O) groups is 1. The highest BCUT2D eigenvalue weighted by molar-refractivity contribution is 6.06. The van der Waals surface area contributed by atoms with Gasteiger partial charge in [0.15, 0.2) is 0 Å². The van der Waals surface area contributed by atoms with Crippen LogP contribution in [0.5, 0.6) is 5.75 Å². The van der Waals surface area contributed by atoms with Crippen molar-refractivity contribution in [2.45, 2.75) is 71.1 Å². The third-order valence-corrected chi connectivity index (χ3v) is 7.34. The van der Waals surface area contributed by atoms with E-state index in [1.165, 1.54) is 42.3 Å². The van der Waals surface area contributed by atoms with Gasteiger partial charge in [-0.2, -0.15) is 0 Å². The van der Waals surface area contributed by atoms with Crippen LogP contribution in [0.1, 0.15) is 65.7 Å². The zero-order valence-electron chi connectivity index (χ0n) is 20.2. The second-order valence-corrected chi connectivity index (χ2v) is 9.68. The quantitative estimate of drug-likeness (QED) is 0.407. The van der Waals surface area contributed by atoms with Gasteiger partial charge in [-0.05, 0) is 81.0 Å². The lowest BCUT2D eigenvalue weighted by molar-refractivity contribution is 0.0679. The molecule has 1 aliphatic carbocycles. The largest absolute Gasteiger partial charge is 0.491 e. The van der Waals surface area contributed by atoms with Crippen molar-refractivity contribution in [1.82, 2.24) is 10.3 Å². The number of hydrogen-bond acceptors (Lipinski definition) is 4. The van der Waals surface area contributed by atoms with Crippen LogP contribution in [-0.2, 0) is 11.3 Å². The summed E-state index contributed by atoms with van der Waals surface area (Å²) in [4.78, 5) is 16.5. The Morgan fingerprint density at radius 1 is 1.03 bits per heavy atom. The Kier molecular flexibility index (Phi) is 6.88. The van der Waals surface area contributed by atoms with Crippen molar-refractivity contribution >= 4 is 22.5 Å². The summed E-state index contributed by atoms with van der Waals surface area (Å²) in [6, 6.07) is 12.0. The Hall–Kier alpha value is -2.83. The molecule has 2 aromatic carbocycles. The molecule has 0 bridgehead atoms. The van der Waals surface area contributed by atoms with E-state index in [0.29, 0.717) is 18.2 Å². The van der Waals surface area contributed by atoms with Gasteiger partial charge in [-0.1, -0.05) is 18.9 Å². The molecule has 2 aliphatic rings. The number of amides is 1. The van der Waals surface area contributed by atoms with Crippen LogP contribution in [0, 0.1) is 13.8 Å². The highest BCUT2D eigenvalue weighted by atomic mass is 16.5. The van der Waals surface area contributed by atoms with E-state index in [1.807, 2.05) is 18.2 Å². The molecular weight excluding hydrogens is 426 g/mol. The van der Waals surface area contributed by atoms with E-state index in [2.05, 4.69) is 35.5 Å². The molecule has 3 N–H and O–H groups in total. The van der Waals surface area contributed by atoms with Gasteiger partial charge in [0.2, 0.25) is 0 Å². The first-order chi connectivity index (χ1) is 16.6. The Labute approximate surface area is 201 Å². The van der Waals surface area contributed by atoms with E-state index in [4.69, 9.17) is 9.47 Å². The number of benzene rings is 2. The maximum absolute atomic E-state index is 12.9. The van der Waals surface area contributed by atoms with E-state index in [0.717, 1.165) is 48.5 Å². The van der Waals surface area contributed by atoms with Gasteiger partial charge in [-0.15, -0.1) is 0 Å². The Bertz CT molecular complexity index is 1140. The van der Waals surface area contributed by atoms with Crippen LogP contribution in [-0.4, -0.2) is 36.3 Å². The first-order valence-electron chi connectivity index (χ1n) is 12.6. The zero-order chi connectivity index (χ0) is 23.5. The van der Waals surface area contributed by atoms with Gasteiger partial charge in [0.1, 0.15) is 12.4 Å². The molecule has 1 aliphatic heterocycles. The Morgan fingerprint density at radius 2 is 1.82 bits per heavy atom. The number of hydrogen-bond donors (Lipinski definition) is 3. The van der Waals surface area contributed by atoms with E-state index in [1.54, 1.807) is 12.1 Å². The molecule has 1 amide bonds. The normalized spacial score (nSPS) is 18.6. The molecule has 0 radical (unpaired) electrons. The summed E-state index contributed by atoms with van der Waals surface area (Å²) in [6.45, 7) is 6.46. The van der Waals surface area contributed by atoms with Crippen molar-refractivity contribution in [1.29, 1.82) is 0 Å². The molecule has 1 saturated heterocycles. The fourth-order valence-corrected chi connectivity index (χ4v) is 5.14. The van der Waals surface area contributed by atoms with Gasteiger partial charge in [-0.25, -0.2) is 0 Å². The monoisotopic (exact) mass is 461 g/mol. The molecule has 3 aromatic rings. The van der Waals surface area contributed by atoms with Crippen LogP contribution in [0.3, 0.4) is 0 Å². The van der Waals surface area contributed by atoms with Crippen LogP contribution in [0.15, 0.2) is 36.4 Å². The van der Waals surface area contributed by atoms with Crippen LogP contribution >= 0.6 is 0 Å². The number of H-pyrrole nitrogens is 1. The third kappa shape index (κ3) is 4.98. The van der Waals surface area contributed by atoms with Gasteiger partial charge in [0.25, 0.3) is 5.91 Å². The molecule has 0 spiro atoms. The molecule has 1 aromatic heterocycles. The number of rotatable bonds is 8. The van der Waals surface area contributed by atoms with Crippen LogP contribution < -0.4 is 15.4 Å². The minimum atomic E-state index is -0.125. The molecule has 0 unspecified atom stereocenters. The van der Waals surface area contributed by atoms with E-state index in [9.17, 15) is 4.79 Å². The summed E-state index contributed by atoms with van der Waals surface area (Å²) in [5, 5.41) is 8.00. The van der Waals surface area contributed by atoms with Crippen molar-refractivity contribution in [3.05, 3.63) is 58.8 Å². The SMILES string of the molecule is Cc1c(CNC2CCCC2)[nH]c2c(C)c(NC(=O)c3ccc(OC[C@@H]4CCCO4)cc3)ccc12. The number of anilines is 1. The van der Waals surface area contributed by atoms with Gasteiger partial charge in [0.05, 0.1) is 11.6 Å². The predicted octanol–water partition coefficient (Wildman–Crippen LogP) is 5.63. The second kappa shape index (κ2) is 10.2. The number of ether oxygens (including phenoxy) is 2. The van der Waals surface area contributed by atoms with Crippen LogP contribution in [0.2, 0.25) is 0 Å². The van der Waals surface area contributed by atoms with Crippen LogP contribution in [0.25, 0.3) is 10.9 Å². The average molecular weight is 462 g/mol.